The molecular formula is C14H18N4O4S4. The second-order valence-electron chi connectivity index (χ2n) is 4.17. The Kier molecular flexibility index (Phi) is 17.9. The number of hydrogen-bond donors (Lipinski definition) is 0. The molecule has 0 atom stereocenters. The lowest BCUT2D eigenvalue weighted by molar-refractivity contribution is 0.562. The summed E-state index contributed by atoms with van der Waals surface area (Å²) in [6, 6.07) is 0. The molecule has 0 amide bonds. The van der Waals surface area contributed by atoms with Gasteiger partial charge in [-0.15, -0.1) is 35.3 Å². The van der Waals surface area contributed by atoms with Crippen molar-refractivity contribution in [1.29, 1.82) is 0 Å². The highest BCUT2D eigenvalue weighted by Crippen LogP contribution is 2.49. The van der Waals surface area contributed by atoms with Crippen LogP contribution in [0.1, 0.15) is 0 Å². The molecule has 0 aliphatic heterocycles. The van der Waals surface area contributed by atoms with Gasteiger partial charge in [-0.25, -0.2) is 39.1 Å². The van der Waals surface area contributed by atoms with Gasteiger partial charge in [0, 0.05) is 28.8 Å². The minimum absolute atomic E-state index is 0.301. The Hall–Kier alpha value is -1.08. The van der Waals surface area contributed by atoms with Gasteiger partial charge in [0.15, 0.2) is 0 Å². The molecule has 0 heterocycles. The molecule has 0 spiro atoms. The summed E-state index contributed by atoms with van der Waals surface area (Å²) in [4.78, 5) is 55.1. The minimum Gasteiger partial charge on any atom is -0.211 e. The van der Waals surface area contributed by atoms with Gasteiger partial charge in [0.1, 0.15) is 3.41 Å². The van der Waals surface area contributed by atoms with E-state index in [1.807, 2.05) is 0 Å². The third kappa shape index (κ3) is 14.1. The summed E-state index contributed by atoms with van der Waals surface area (Å²) < 4.78 is -0.301. The van der Waals surface area contributed by atoms with Crippen LogP contribution in [0.25, 0.3) is 0 Å². The van der Waals surface area contributed by atoms with Crippen molar-refractivity contribution in [3.05, 3.63) is 0 Å². The molecule has 0 bridgehead atoms. The first kappa shape index (κ1) is 24.9. The molecule has 0 aromatic heterocycles. The van der Waals surface area contributed by atoms with Crippen molar-refractivity contribution >= 4 is 71.4 Å². The van der Waals surface area contributed by atoms with E-state index in [4.69, 9.17) is 0 Å². The van der Waals surface area contributed by atoms with Crippen LogP contribution in [0.3, 0.4) is 0 Å². The second-order valence-corrected chi connectivity index (χ2v) is 10.2. The summed E-state index contributed by atoms with van der Waals surface area (Å²) in [7, 11) is 0. The quantitative estimate of drug-likeness (QED) is 0.147. The third-order valence-corrected chi connectivity index (χ3v) is 9.15. The number of carbonyl (C=O) groups excluding carboxylic acids is 4. The third-order valence-electron chi connectivity index (χ3n) is 2.46. The highest BCUT2D eigenvalue weighted by atomic mass is 32.3. The van der Waals surface area contributed by atoms with Crippen LogP contribution in [0.5, 0.6) is 0 Å². The van der Waals surface area contributed by atoms with Crippen LogP contribution in [-0.4, -0.2) is 82.7 Å². The molecule has 0 aromatic rings. The largest absolute Gasteiger partial charge is 0.234 e. The van der Waals surface area contributed by atoms with Crippen molar-refractivity contribution in [2.24, 2.45) is 20.0 Å². The number of nitrogens with zero attached hydrogens (tertiary/aromatic N) is 4. The molecule has 12 heteroatoms. The van der Waals surface area contributed by atoms with E-state index in [1.54, 1.807) is 47.0 Å². The molecule has 0 aliphatic carbocycles. The fraction of sp³-hybridized carbons (Fsp3) is 0.714. The van der Waals surface area contributed by atoms with Crippen molar-refractivity contribution in [3.8, 4) is 0 Å². The number of rotatable bonds is 17. The first-order valence-electron chi connectivity index (χ1n) is 7.39. The highest BCUT2D eigenvalue weighted by molar-refractivity contribution is 8.34. The molecule has 0 saturated carbocycles. The predicted molar refractivity (Wildman–Crippen MR) is 109 cm³/mol. The maximum atomic E-state index is 10.2. The van der Waals surface area contributed by atoms with Gasteiger partial charge in [-0.1, -0.05) is 0 Å². The van der Waals surface area contributed by atoms with Crippen LogP contribution < -0.4 is 0 Å². The van der Waals surface area contributed by atoms with Crippen molar-refractivity contribution in [1.82, 2.24) is 0 Å². The van der Waals surface area contributed by atoms with E-state index in [0.717, 1.165) is 5.75 Å². The Bertz CT molecular complexity index is 522. The van der Waals surface area contributed by atoms with E-state index in [1.165, 1.54) is 24.3 Å². The second kappa shape index (κ2) is 18.7. The topological polar surface area (TPSA) is 118 Å². The van der Waals surface area contributed by atoms with Gasteiger partial charge in [-0.2, -0.15) is 11.8 Å². The fourth-order valence-electron chi connectivity index (χ4n) is 1.48. The maximum absolute atomic E-state index is 10.2. The van der Waals surface area contributed by atoms with Crippen LogP contribution in [-0.2, 0) is 19.2 Å². The highest BCUT2D eigenvalue weighted by Gasteiger charge is 2.31. The molecule has 142 valence electrons. The Morgan fingerprint density at radius 2 is 0.923 bits per heavy atom. The van der Waals surface area contributed by atoms with Crippen LogP contribution in [0.2, 0.25) is 0 Å². The molecule has 0 aliphatic rings. The van der Waals surface area contributed by atoms with Crippen molar-refractivity contribution in [2.75, 3.05) is 54.9 Å². The first-order valence-corrected chi connectivity index (χ1v) is 11.5. The van der Waals surface area contributed by atoms with Crippen LogP contribution >= 0.6 is 47.0 Å². The normalized spacial score (nSPS) is 11.8. The van der Waals surface area contributed by atoms with E-state index in [-0.39, 0.29) is 3.41 Å². The van der Waals surface area contributed by atoms with E-state index >= 15 is 0 Å². The van der Waals surface area contributed by atoms with E-state index < -0.39 is 0 Å². The Balaban J connectivity index is 4.92. The van der Waals surface area contributed by atoms with Gasteiger partial charge in [0.2, 0.25) is 24.3 Å². The summed E-state index contributed by atoms with van der Waals surface area (Å²) in [5, 5.41) is 0. The first-order chi connectivity index (χ1) is 12.7. The summed E-state index contributed by atoms with van der Waals surface area (Å²) in [6.45, 7) is 1.47. The standard InChI is InChI=1S/C14H18N4O4S4/c19-10-15-1-5-23-9-14(24-6-2-16-11-20,25-7-3-17-12-21)26-8-4-18-13-22/h1-9H2. The van der Waals surface area contributed by atoms with Gasteiger partial charge in [-0.3, -0.25) is 0 Å². The molecule has 0 aromatic carbocycles. The van der Waals surface area contributed by atoms with E-state index in [9.17, 15) is 19.2 Å². The fourth-order valence-corrected chi connectivity index (χ4v) is 7.83. The zero-order valence-corrected chi connectivity index (χ0v) is 17.2. The molecule has 8 nitrogen and oxygen atoms in total. The summed E-state index contributed by atoms with van der Waals surface area (Å²) in [6.07, 6.45) is 6.06. The lowest BCUT2D eigenvalue weighted by Gasteiger charge is -2.31. The van der Waals surface area contributed by atoms with Crippen molar-refractivity contribution < 1.29 is 19.2 Å². The average Bonchev–Trinajstić information content (AvgIpc) is 2.65. The Morgan fingerprint density at radius 1 is 0.577 bits per heavy atom. The Morgan fingerprint density at radius 3 is 1.27 bits per heavy atom. The minimum atomic E-state index is -0.301. The van der Waals surface area contributed by atoms with Gasteiger partial charge in [0.25, 0.3) is 0 Å². The number of isocyanates is 4. The predicted octanol–water partition coefficient (Wildman–Crippen LogP) is 1.92. The average molecular weight is 435 g/mol. The van der Waals surface area contributed by atoms with Gasteiger partial charge in [0.05, 0.1) is 26.2 Å². The van der Waals surface area contributed by atoms with Crippen LogP contribution in [0.4, 0.5) is 0 Å². The number of aliphatic imine (C=N–C) groups is 4. The zero-order chi connectivity index (χ0) is 19.3. The molecule has 0 rings (SSSR count). The lowest BCUT2D eigenvalue weighted by Crippen LogP contribution is -2.23. The molecular weight excluding hydrogens is 416 g/mol. The van der Waals surface area contributed by atoms with Crippen molar-refractivity contribution in [2.45, 2.75) is 3.41 Å². The number of thioether (sulfide) groups is 4. The maximum Gasteiger partial charge on any atom is 0.234 e. The summed E-state index contributed by atoms with van der Waals surface area (Å²) in [5.74, 6) is 3.26. The SMILES string of the molecule is O=C=NCCSCC(SCCN=C=O)(SCCN=C=O)SCCN=C=O. The smallest absolute Gasteiger partial charge is 0.211 e. The van der Waals surface area contributed by atoms with E-state index in [2.05, 4.69) is 20.0 Å². The number of hydrogen-bond acceptors (Lipinski definition) is 12. The zero-order valence-electron chi connectivity index (χ0n) is 13.9. The van der Waals surface area contributed by atoms with Crippen LogP contribution in [0, 0.1) is 0 Å². The monoisotopic (exact) mass is 434 g/mol. The van der Waals surface area contributed by atoms with Gasteiger partial charge < -0.3 is 0 Å². The molecule has 0 radical (unpaired) electrons. The summed E-state index contributed by atoms with van der Waals surface area (Å²) in [5.41, 5.74) is 0. The lowest BCUT2D eigenvalue weighted by atomic mass is 10.8. The summed E-state index contributed by atoms with van der Waals surface area (Å²) >= 11 is 6.53. The van der Waals surface area contributed by atoms with Crippen molar-refractivity contribution in [3.63, 3.8) is 0 Å². The van der Waals surface area contributed by atoms with Gasteiger partial charge in [-0.05, 0) is 0 Å². The molecule has 0 saturated heterocycles. The van der Waals surface area contributed by atoms with E-state index in [0.29, 0.717) is 49.2 Å². The molecule has 0 unspecified atom stereocenters. The van der Waals surface area contributed by atoms with Crippen LogP contribution in [0.15, 0.2) is 20.0 Å². The molecule has 0 N–H and O–H groups in total. The molecule has 0 fully saturated rings. The Labute approximate surface area is 168 Å². The van der Waals surface area contributed by atoms with Gasteiger partial charge >= 0.3 is 0 Å². The molecule has 26 heavy (non-hydrogen) atoms.